The van der Waals surface area contributed by atoms with E-state index in [9.17, 15) is 32.3 Å². The first-order chi connectivity index (χ1) is 27.0. The average Bonchev–Trinajstić information content (AvgIpc) is 3.91. The van der Waals surface area contributed by atoms with Gasteiger partial charge in [0.2, 0.25) is 17.7 Å². The van der Waals surface area contributed by atoms with Crippen molar-refractivity contribution >= 4 is 46.4 Å². The van der Waals surface area contributed by atoms with Crippen molar-refractivity contribution in [3.63, 3.8) is 0 Å². The van der Waals surface area contributed by atoms with Crippen molar-refractivity contribution < 1.29 is 37.5 Å². The van der Waals surface area contributed by atoms with Crippen LogP contribution in [0.15, 0.2) is 59.3 Å². The van der Waals surface area contributed by atoms with Crippen LogP contribution in [0.3, 0.4) is 0 Å². The highest BCUT2D eigenvalue weighted by Crippen LogP contribution is 2.44. The van der Waals surface area contributed by atoms with Gasteiger partial charge in [-0.05, 0) is 127 Å². The number of carbonyl (C=O) groups excluding carboxylic acids is 3. The van der Waals surface area contributed by atoms with Gasteiger partial charge in [0.15, 0.2) is 0 Å². The Morgan fingerprint density at radius 1 is 0.719 bits per heavy atom. The fourth-order valence-electron chi connectivity index (χ4n) is 7.96. The summed E-state index contributed by atoms with van der Waals surface area (Å²) < 4.78 is 38.4. The summed E-state index contributed by atoms with van der Waals surface area (Å²) in [5.74, 6) is -1.30. The SMILES string of the molecule is CN(C)C1(c2cccs2)CCC(NC(=O)CCC(=O)NCCc2cccc(C(F)(F)F)c2)CC1.CN(C)C1(c2cccs2)CCC(NC(=O)CCCC(=O)O)CC1. The number of carboxylic acids is 1. The number of benzene rings is 1. The summed E-state index contributed by atoms with van der Waals surface area (Å²) >= 11 is 3.57. The summed E-state index contributed by atoms with van der Waals surface area (Å²) in [6.45, 7) is 0.222. The third kappa shape index (κ3) is 13.4. The largest absolute Gasteiger partial charge is 0.481 e. The van der Waals surface area contributed by atoms with Gasteiger partial charge in [0, 0.05) is 54.1 Å². The highest BCUT2D eigenvalue weighted by atomic mass is 32.1. The molecule has 0 spiro atoms. The highest BCUT2D eigenvalue weighted by Gasteiger charge is 2.41. The number of amides is 3. The molecule has 2 saturated carbocycles. The summed E-state index contributed by atoms with van der Waals surface area (Å²) in [4.78, 5) is 54.2. The lowest BCUT2D eigenvalue weighted by Crippen LogP contribution is -2.48. The molecule has 0 radical (unpaired) electrons. The number of alkyl halides is 3. The maximum atomic E-state index is 12.8. The monoisotopic (exact) mass is 833 g/mol. The number of carboxylic acid groups (broad SMARTS) is 1. The summed E-state index contributed by atoms with van der Waals surface area (Å²) in [5, 5.41) is 21.6. The zero-order valence-electron chi connectivity index (χ0n) is 33.5. The minimum atomic E-state index is -4.39. The van der Waals surface area contributed by atoms with Crippen LogP contribution in [0.2, 0.25) is 0 Å². The van der Waals surface area contributed by atoms with Gasteiger partial charge < -0.3 is 21.1 Å². The van der Waals surface area contributed by atoms with Gasteiger partial charge in [-0.15, -0.1) is 22.7 Å². The molecule has 0 unspecified atom stereocenters. The topological polar surface area (TPSA) is 131 Å². The molecule has 0 saturated heterocycles. The first-order valence-electron chi connectivity index (χ1n) is 19.7. The number of nitrogens with one attached hydrogen (secondary N) is 3. The van der Waals surface area contributed by atoms with E-state index in [-0.39, 0.29) is 66.7 Å². The molecule has 314 valence electrons. The Morgan fingerprint density at radius 3 is 1.65 bits per heavy atom. The van der Waals surface area contributed by atoms with Gasteiger partial charge in [-0.2, -0.15) is 13.2 Å². The van der Waals surface area contributed by atoms with Crippen LogP contribution in [-0.2, 0) is 42.9 Å². The molecular weight excluding hydrogens is 776 g/mol. The van der Waals surface area contributed by atoms with Crippen molar-refractivity contribution in [3.8, 4) is 0 Å². The number of thiophene rings is 2. The van der Waals surface area contributed by atoms with Crippen molar-refractivity contribution in [2.75, 3.05) is 34.7 Å². The zero-order valence-corrected chi connectivity index (χ0v) is 35.1. The van der Waals surface area contributed by atoms with Crippen molar-refractivity contribution in [1.82, 2.24) is 25.8 Å². The van der Waals surface area contributed by atoms with E-state index in [1.54, 1.807) is 28.7 Å². The molecule has 57 heavy (non-hydrogen) atoms. The zero-order chi connectivity index (χ0) is 41.6. The third-order valence-corrected chi connectivity index (χ3v) is 13.5. The van der Waals surface area contributed by atoms with Gasteiger partial charge in [-0.1, -0.05) is 30.3 Å². The number of carbonyl (C=O) groups is 4. The maximum absolute atomic E-state index is 12.8. The standard InChI is InChI=1S/C25H32F3N3O2S.C17H26N2O3S/c1-31(2)24(21-7-4-16-34-21)13-10-20(11-14-24)30-23(33)9-8-22(32)29-15-12-18-5-3-6-19(17-18)25(26,27)28;1-19(2)17(14-5-4-12-23-14)10-8-13(9-11-17)18-15(20)6-3-7-16(21)22/h3-7,16-17,20H,8-15H2,1-2H3,(H,29,32)(H,30,33);4-5,12-13H,3,6-11H2,1-2H3,(H,18,20)(H,21,22). The molecule has 0 aliphatic heterocycles. The van der Waals surface area contributed by atoms with Crippen LogP contribution in [0.25, 0.3) is 0 Å². The molecule has 0 bridgehead atoms. The number of hydrogen-bond acceptors (Lipinski definition) is 8. The molecule has 10 nitrogen and oxygen atoms in total. The molecule has 0 atom stereocenters. The third-order valence-electron chi connectivity index (χ3n) is 11.4. The van der Waals surface area contributed by atoms with Crippen LogP contribution in [0, 0.1) is 0 Å². The molecule has 4 N–H and O–H groups in total. The lowest BCUT2D eigenvalue weighted by molar-refractivity contribution is -0.138. The van der Waals surface area contributed by atoms with Gasteiger partial charge in [0.1, 0.15) is 0 Å². The molecule has 3 aromatic rings. The van der Waals surface area contributed by atoms with Crippen LogP contribution in [0.1, 0.15) is 104 Å². The number of nitrogens with zero attached hydrogens (tertiary/aromatic N) is 2. The Bertz CT molecular complexity index is 1720. The Morgan fingerprint density at radius 2 is 1.21 bits per heavy atom. The molecule has 5 rings (SSSR count). The second kappa shape index (κ2) is 21.3. The van der Waals surface area contributed by atoms with Crippen LogP contribution in [-0.4, -0.2) is 85.4 Å². The molecule has 2 aliphatic rings. The second-order valence-corrected chi connectivity index (χ2v) is 17.4. The number of rotatable bonds is 16. The molecule has 3 amide bonds. The summed E-state index contributed by atoms with van der Waals surface area (Å²) in [6.07, 6.45) is 4.47. The number of aliphatic carboxylic acids is 1. The van der Waals surface area contributed by atoms with Crippen molar-refractivity contribution in [2.24, 2.45) is 0 Å². The van der Waals surface area contributed by atoms with Gasteiger partial charge in [-0.3, -0.25) is 29.0 Å². The second-order valence-electron chi connectivity index (χ2n) is 15.5. The van der Waals surface area contributed by atoms with Gasteiger partial charge in [0.05, 0.1) is 16.6 Å². The van der Waals surface area contributed by atoms with Crippen molar-refractivity contribution in [1.29, 1.82) is 0 Å². The van der Waals surface area contributed by atoms with E-state index in [0.717, 1.165) is 63.5 Å². The minimum Gasteiger partial charge on any atom is -0.481 e. The smallest absolute Gasteiger partial charge is 0.416 e. The molecule has 2 fully saturated rings. The predicted octanol–water partition coefficient (Wildman–Crippen LogP) is 7.54. The Balaban J connectivity index is 0.000000273. The van der Waals surface area contributed by atoms with Crippen LogP contribution in [0.4, 0.5) is 13.2 Å². The number of hydrogen-bond donors (Lipinski definition) is 4. The van der Waals surface area contributed by atoms with Gasteiger partial charge in [0.25, 0.3) is 0 Å². The van der Waals surface area contributed by atoms with E-state index in [4.69, 9.17) is 5.11 Å². The Labute approximate surface area is 342 Å². The summed E-state index contributed by atoms with van der Waals surface area (Å²) in [7, 11) is 8.46. The first-order valence-corrected chi connectivity index (χ1v) is 21.5. The van der Waals surface area contributed by atoms with E-state index < -0.39 is 17.7 Å². The summed E-state index contributed by atoms with van der Waals surface area (Å²) in [6, 6.07) is 13.9. The van der Waals surface area contributed by atoms with E-state index in [1.165, 1.54) is 15.8 Å². The fourth-order valence-corrected chi connectivity index (χ4v) is 10.1. The Hall–Kier alpha value is -3.79. The maximum Gasteiger partial charge on any atom is 0.416 e. The minimum absolute atomic E-state index is 0.00883. The highest BCUT2D eigenvalue weighted by molar-refractivity contribution is 7.10. The van der Waals surface area contributed by atoms with Crippen LogP contribution in [0.5, 0.6) is 0 Å². The molecular formula is C42H58F3N5O5S2. The molecule has 2 aliphatic carbocycles. The number of halogens is 3. The first kappa shape index (κ1) is 45.9. The lowest BCUT2D eigenvalue weighted by atomic mass is 9.77. The predicted molar refractivity (Wildman–Crippen MR) is 219 cm³/mol. The lowest BCUT2D eigenvalue weighted by Gasteiger charge is -2.44. The molecule has 1 aromatic carbocycles. The van der Waals surface area contributed by atoms with E-state index in [1.807, 2.05) is 0 Å². The van der Waals surface area contributed by atoms with Crippen molar-refractivity contribution in [2.45, 2.75) is 119 Å². The normalized spacial score (nSPS) is 22.3. The van der Waals surface area contributed by atoms with E-state index in [2.05, 4.69) is 89.0 Å². The van der Waals surface area contributed by atoms with Gasteiger partial charge >= 0.3 is 12.1 Å². The fraction of sp³-hybridized carbons (Fsp3) is 0.571. The van der Waals surface area contributed by atoms with Crippen LogP contribution < -0.4 is 16.0 Å². The molecule has 2 aromatic heterocycles. The molecule has 15 heteroatoms. The average molecular weight is 834 g/mol. The Kier molecular flexibility index (Phi) is 17.1. The molecule has 2 heterocycles. The van der Waals surface area contributed by atoms with Crippen molar-refractivity contribution in [3.05, 3.63) is 80.2 Å². The summed E-state index contributed by atoms with van der Waals surface area (Å²) in [5.41, 5.74) is -0.108. The van der Waals surface area contributed by atoms with Crippen LogP contribution >= 0.6 is 22.7 Å². The quantitative estimate of drug-likeness (QED) is 0.117. The van der Waals surface area contributed by atoms with Gasteiger partial charge in [-0.25, -0.2) is 0 Å². The van der Waals surface area contributed by atoms with E-state index in [0.29, 0.717) is 24.8 Å². The van der Waals surface area contributed by atoms with E-state index >= 15 is 0 Å².